The Bertz CT molecular complexity index is 513. The van der Waals surface area contributed by atoms with Crippen LogP contribution in [0.5, 0.6) is 0 Å². The summed E-state index contributed by atoms with van der Waals surface area (Å²) in [5.41, 5.74) is 5.81. The SMILES string of the molecule is CC(=O)OC[C@H]1O[C@@H](N)[C@H](OC(C)=O)[C@@H](OC(C)=O)[C@@H]1OC(C)=O.Cl. The maximum absolute atomic E-state index is 11.4. The second kappa shape index (κ2) is 10.2. The zero-order chi connectivity index (χ0) is 18.4. The minimum atomic E-state index is -1.21. The molecule has 0 aromatic heterocycles. The highest BCUT2D eigenvalue weighted by Crippen LogP contribution is 2.27. The Hall–Kier alpha value is -1.91. The molecule has 1 saturated heterocycles. The predicted molar refractivity (Wildman–Crippen MR) is 83.4 cm³/mol. The van der Waals surface area contributed by atoms with Crippen molar-refractivity contribution >= 4 is 36.3 Å². The molecule has 0 amide bonds. The first-order valence-electron chi connectivity index (χ1n) is 7.18. The summed E-state index contributed by atoms with van der Waals surface area (Å²) in [6.07, 6.45) is -5.74. The molecule has 11 heteroatoms. The molecule has 1 fully saturated rings. The number of nitrogens with two attached hydrogens (primary N) is 1. The Morgan fingerprint density at radius 3 is 1.68 bits per heavy atom. The van der Waals surface area contributed by atoms with Crippen molar-refractivity contribution in [2.45, 2.75) is 58.3 Å². The van der Waals surface area contributed by atoms with Crippen LogP contribution < -0.4 is 5.73 Å². The van der Waals surface area contributed by atoms with E-state index >= 15 is 0 Å². The van der Waals surface area contributed by atoms with Crippen LogP contribution in [0.4, 0.5) is 0 Å². The zero-order valence-corrected chi connectivity index (χ0v) is 15.1. The van der Waals surface area contributed by atoms with Gasteiger partial charge in [0.2, 0.25) is 0 Å². The van der Waals surface area contributed by atoms with Gasteiger partial charge in [-0.2, -0.15) is 0 Å². The fourth-order valence-corrected chi connectivity index (χ4v) is 2.26. The van der Waals surface area contributed by atoms with Crippen LogP contribution in [-0.2, 0) is 42.9 Å². The fourth-order valence-electron chi connectivity index (χ4n) is 2.26. The number of carbonyl (C=O) groups is 4. The van der Waals surface area contributed by atoms with Crippen molar-refractivity contribution in [3.05, 3.63) is 0 Å². The molecule has 0 aliphatic carbocycles. The Balaban J connectivity index is 0.00000576. The molecule has 0 radical (unpaired) electrons. The standard InChI is InChI=1S/C14H21NO9.ClH/c1-6(16)20-5-10-11(21-7(2)17)12(22-8(3)18)13(14(15)24-10)23-9(4)19;/h10-14H,5,15H2,1-4H3;1H/t10-,11-,12+,13-,14-;/m1./s1. The molecule has 2 N–H and O–H groups in total. The number of rotatable bonds is 5. The van der Waals surface area contributed by atoms with Gasteiger partial charge in [-0.3, -0.25) is 19.2 Å². The topological polar surface area (TPSA) is 140 Å². The van der Waals surface area contributed by atoms with E-state index in [1.54, 1.807) is 0 Å². The molecule has 144 valence electrons. The van der Waals surface area contributed by atoms with Gasteiger partial charge in [0.1, 0.15) is 18.9 Å². The Morgan fingerprint density at radius 2 is 1.24 bits per heavy atom. The van der Waals surface area contributed by atoms with Gasteiger partial charge < -0.3 is 29.4 Å². The Labute approximate surface area is 150 Å². The summed E-state index contributed by atoms with van der Waals surface area (Å²) in [5.74, 6) is -2.66. The third kappa shape index (κ3) is 7.24. The molecule has 1 aliphatic rings. The van der Waals surface area contributed by atoms with Crippen molar-refractivity contribution in [2.75, 3.05) is 6.61 Å². The van der Waals surface area contributed by atoms with Gasteiger partial charge in [-0.25, -0.2) is 0 Å². The molecule has 10 nitrogen and oxygen atoms in total. The first-order valence-corrected chi connectivity index (χ1v) is 7.18. The van der Waals surface area contributed by atoms with E-state index in [1.165, 1.54) is 6.92 Å². The van der Waals surface area contributed by atoms with Crippen molar-refractivity contribution in [1.82, 2.24) is 0 Å². The number of halogens is 1. The molecule has 25 heavy (non-hydrogen) atoms. The van der Waals surface area contributed by atoms with Gasteiger partial charge in [0.25, 0.3) is 0 Å². The quantitative estimate of drug-likeness (QED) is 0.485. The van der Waals surface area contributed by atoms with E-state index in [0.717, 1.165) is 20.8 Å². The molecular formula is C14H22ClNO9. The van der Waals surface area contributed by atoms with Gasteiger partial charge >= 0.3 is 23.9 Å². The summed E-state index contributed by atoms with van der Waals surface area (Å²) >= 11 is 0. The number of ether oxygens (including phenoxy) is 5. The molecular weight excluding hydrogens is 362 g/mol. The minimum absolute atomic E-state index is 0. The Morgan fingerprint density at radius 1 is 0.800 bits per heavy atom. The van der Waals surface area contributed by atoms with E-state index in [4.69, 9.17) is 29.4 Å². The minimum Gasteiger partial charge on any atom is -0.463 e. The molecule has 1 aliphatic heterocycles. The monoisotopic (exact) mass is 383 g/mol. The average Bonchev–Trinajstić information content (AvgIpc) is 2.42. The van der Waals surface area contributed by atoms with E-state index in [9.17, 15) is 19.2 Å². The zero-order valence-electron chi connectivity index (χ0n) is 14.3. The van der Waals surface area contributed by atoms with Crippen molar-refractivity contribution < 1.29 is 42.9 Å². The molecule has 0 bridgehead atoms. The van der Waals surface area contributed by atoms with Crippen molar-refractivity contribution in [1.29, 1.82) is 0 Å². The predicted octanol–water partition coefficient (Wildman–Crippen LogP) is -0.550. The second-order valence-corrected chi connectivity index (χ2v) is 5.16. The van der Waals surface area contributed by atoms with Crippen molar-refractivity contribution in [2.24, 2.45) is 5.73 Å². The van der Waals surface area contributed by atoms with E-state index in [-0.39, 0.29) is 19.0 Å². The largest absolute Gasteiger partial charge is 0.463 e. The molecule has 0 spiro atoms. The van der Waals surface area contributed by atoms with Crippen LogP contribution in [0.1, 0.15) is 27.7 Å². The van der Waals surface area contributed by atoms with Gasteiger partial charge in [0, 0.05) is 27.7 Å². The molecule has 0 unspecified atom stereocenters. The Kier molecular flexibility index (Phi) is 9.39. The molecule has 5 atom stereocenters. The lowest BCUT2D eigenvalue weighted by molar-refractivity contribution is -0.251. The van der Waals surface area contributed by atoms with Gasteiger partial charge in [0.15, 0.2) is 18.3 Å². The van der Waals surface area contributed by atoms with E-state index in [2.05, 4.69) is 0 Å². The van der Waals surface area contributed by atoms with Gasteiger partial charge in [-0.1, -0.05) is 0 Å². The van der Waals surface area contributed by atoms with E-state index in [0.29, 0.717) is 0 Å². The highest BCUT2D eigenvalue weighted by molar-refractivity contribution is 5.85. The summed E-state index contributed by atoms with van der Waals surface area (Å²) in [5, 5.41) is 0. The van der Waals surface area contributed by atoms with Crippen LogP contribution in [0.2, 0.25) is 0 Å². The van der Waals surface area contributed by atoms with Crippen LogP contribution in [0, 0.1) is 0 Å². The van der Waals surface area contributed by atoms with Gasteiger partial charge in [-0.15, -0.1) is 12.4 Å². The van der Waals surface area contributed by atoms with Crippen LogP contribution in [0.25, 0.3) is 0 Å². The van der Waals surface area contributed by atoms with E-state index in [1.807, 2.05) is 0 Å². The lowest BCUT2D eigenvalue weighted by atomic mass is 9.97. The smallest absolute Gasteiger partial charge is 0.303 e. The van der Waals surface area contributed by atoms with Crippen LogP contribution >= 0.6 is 12.4 Å². The first kappa shape index (κ1) is 23.1. The number of carbonyl (C=O) groups excluding carboxylic acids is 4. The summed E-state index contributed by atoms with van der Waals surface area (Å²) in [7, 11) is 0. The maximum atomic E-state index is 11.4. The molecule has 1 rings (SSSR count). The first-order chi connectivity index (χ1) is 11.1. The lowest BCUT2D eigenvalue weighted by Crippen LogP contribution is -2.64. The summed E-state index contributed by atoms with van der Waals surface area (Å²) in [4.78, 5) is 45.0. The normalized spacial score (nSPS) is 28.1. The summed E-state index contributed by atoms with van der Waals surface area (Å²) < 4.78 is 25.6. The number of esters is 4. The highest BCUT2D eigenvalue weighted by atomic mass is 35.5. The van der Waals surface area contributed by atoms with Crippen LogP contribution in [0.3, 0.4) is 0 Å². The van der Waals surface area contributed by atoms with Crippen LogP contribution in [0.15, 0.2) is 0 Å². The summed E-state index contributed by atoms with van der Waals surface area (Å²) in [6.45, 7) is 4.32. The summed E-state index contributed by atoms with van der Waals surface area (Å²) in [6, 6.07) is 0. The molecule has 1 heterocycles. The second-order valence-electron chi connectivity index (χ2n) is 5.16. The highest BCUT2D eigenvalue weighted by Gasteiger charge is 2.51. The van der Waals surface area contributed by atoms with Crippen LogP contribution in [-0.4, -0.2) is 61.1 Å². The number of hydrogen-bond donors (Lipinski definition) is 1. The molecule has 0 saturated carbocycles. The molecule has 0 aromatic carbocycles. The van der Waals surface area contributed by atoms with E-state index < -0.39 is 54.5 Å². The number of hydrogen-bond acceptors (Lipinski definition) is 10. The fraction of sp³-hybridized carbons (Fsp3) is 0.714. The third-order valence-corrected chi connectivity index (χ3v) is 3.03. The van der Waals surface area contributed by atoms with Crippen molar-refractivity contribution in [3.63, 3.8) is 0 Å². The maximum Gasteiger partial charge on any atom is 0.303 e. The van der Waals surface area contributed by atoms with Gasteiger partial charge in [0.05, 0.1) is 0 Å². The van der Waals surface area contributed by atoms with Gasteiger partial charge in [-0.05, 0) is 0 Å². The third-order valence-electron chi connectivity index (χ3n) is 3.03. The average molecular weight is 384 g/mol. The lowest BCUT2D eigenvalue weighted by Gasteiger charge is -2.43. The molecule has 0 aromatic rings. The van der Waals surface area contributed by atoms with Crippen molar-refractivity contribution in [3.8, 4) is 0 Å².